The van der Waals surface area contributed by atoms with Crippen molar-refractivity contribution in [2.24, 2.45) is 0 Å². The Morgan fingerprint density at radius 2 is 1.88 bits per heavy atom. The number of rotatable bonds is 6. The maximum absolute atomic E-state index is 4.20. The minimum Gasteiger partial charge on any atom is -0.316 e. The van der Waals surface area contributed by atoms with Gasteiger partial charge in [-0.05, 0) is 36.4 Å². The molecule has 90 valence electrons. The standard InChI is InChI=1S/C13H20BrNS/c1-13(2,10-15-8-3-9-16)11-4-6-12(14)7-5-11/h4-7,15-16H,3,8-10H2,1-2H3. The van der Waals surface area contributed by atoms with Gasteiger partial charge in [0.15, 0.2) is 0 Å². The molecule has 1 rings (SSSR count). The maximum atomic E-state index is 4.20. The monoisotopic (exact) mass is 301 g/mol. The van der Waals surface area contributed by atoms with E-state index in [9.17, 15) is 0 Å². The molecular weight excluding hydrogens is 282 g/mol. The van der Waals surface area contributed by atoms with Gasteiger partial charge in [0.1, 0.15) is 0 Å². The van der Waals surface area contributed by atoms with Crippen molar-refractivity contribution in [3.05, 3.63) is 34.3 Å². The van der Waals surface area contributed by atoms with Gasteiger partial charge in [0.25, 0.3) is 0 Å². The van der Waals surface area contributed by atoms with Crippen molar-refractivity contribution in [3.63, 3.8) is 0 Å². The molecule has 0 heterocycles. The summed E-state index contributed by atoms with van der Waals surface area (Å²) < 4.78 is 1.13. The molecule has 0 saturated heterocycles. The largest absolute Gasteiger partial charge is 0.316 e. The first-order valence-corrected chi connectivity index (χ1v) is 7.06. The van der Waals surface area contributed by atoms with Crippen molar-refractivity contribution < 1.29 is 0 Å². The zero-order valence-corrected chi connectivity index (χ0v) is 12.4. The maximum Gasteiger partial charge on any atom is 0.0175 e. The van der Waals surface area contributed by atoms with E-state index in [-0.39, 0.29) is 5.41 Å². The van der Waals surface area contributed by atoms with Crippen LogP contribution in [0.15, 0.2) is 28.7 Å². The molecule has 0 bridgehead atoms. The van der Waals surface area contributed by atoms with Gasteiger partial charge in [-0.1, -0.05) is 41.9 Å². The van der Waals surface area contributed by atoms with Crippen LogP contribution in [0.2, 0.25) is 0 Å². The minimum absolute atomic E-state index is 0.178. The van der Waals surface area contributed by atoms with Gasteiger partial charge in [-0.3, -0.25) is 0 Å². The Labute approximate surface area is 113 Å². The topological polar surface area (TPSA) is 12.0 Å². The molecule has 0 aromatic heterocycles. The molecule has 1 nitrogen and oxygen atoms in total. The molecule has 16 heavy (non-hydrogen) atoms. The second kappa shape index (κ2) is 6.67. The zero-order valence-electron chi connectivity index (χ0n) is 9.96. The fourth-order valence-electron chi connectivity index (χ4n) is 1.61. The van der Waals surface area contributed by atoms with Gasteiger partial charge in [0.05, 0.1) is 0 Å². The first kappa shape index (κ1) is 14.1. The van der Waals surface area contributed by atoms with Crippen LogP contribution in [-0.4, -0.2) is 18.8 Å². The van der Waals surface area contributed by atoms with E-state index in [2.05, 4.69) is 72.0 Å². The number of halogens is 1. The van der Waals surface area contributed by atoms with Crippen molar-refractivity contribution in [3.8, 4) is 0 Å². The highest BCUT2D eigenvalue weighted by Gasteiger charge is 2.19. The molecule has 0 aliphatic carbocycles. The summed E-state index contributed by atoms with van der Waals surface area (Å²) in [6.45, 7) is 6.58. The summed E-state index contributed by atoms with van der Waals surface area (Å²) in [5, 5.41) is 3.48. The Morgan fingerprint density at radius 1 is 1.25 bits per heavy atom. The molecule has 1 aromatic carbocycles. The normalized spacial score (nSPS) is 11.8. The van der Waals surface area contributed by atoms with Crippen LogP contribution in [0.3, 0.4) is 0 Å². The highest BCUT2D eigenvalue weighted by molar-refractivity contribution is 9.10. The molecule has 0 amide bonds. The zero-order chi connectivity index (χ0) is 12.0. The van der Waals surface area contributed by atoms with Crippen molar-refractivity contribution in [2.45, 2.75) is 25.7 Å². The molecule has 0 saturated carbocycles. The van der Waals surface area contributed by atoms with Gasteiger partial charge in [0, 0.05) is 16.4 Å². The lowest BCUT2D eigenvalue weighted by Gasteiger charge is -2.26. The van der Waals surface area contributed by atoms with E-state index in [0.717, 1.165) is 29.7 Å². The predicted molar refractivity (Wildman–Crippen MR) is 78.5 cm³/mol. The van der Waals surface area contributed by atoms with Crippen molar-refractivity contribution in [1.82, 2.24) is 5.32 Å². The SMILES string of the molecule is CC(C)(CNCCCS)c1ccc(Br)cc1. The lowest BCUT2D eigenvalue weighted by atomic mass is 9.84. The third kappa shape index (κ3) is 4.48. The summed E-state index contributed by atoms with van der Waals surface area (Å²) in [6, 6.07) is 8.57. The quantitative estimate of drug-likeness (QED) is 0.604. The summed E-state index contributed by atoms with van der Waals surface area (Å²) in [7, 11) is 0. The number of hydrogen-bond acceptors (Lipinski definition) is 2. The van der Waals surface area contributed by atoms with E-state index in [1.165, 1.54) is 5.56 Å². The summed E-state index contributed by atoms with van der Waals surface area (Å²) in [5.74, 6) is 0.950. The second-order valence-electron chi connectivity index (χ2n) is 4.64. The second-order valence-corrected chi connectivity index (χ2v) is 6.01. The van der Waals surface area contributed by atoms with Crippen molar-refractivity contribution in [1.29, 1.82) is 0 Å². The van der Waals surface area contributed by atoms with Gasteiger partial charge in [-0.25, -0.2) is 0 Å². The summed E-state index contributed by atoms with van der Waals surface area (Å²) in [6.07, 6.45) is 1.12. The van der Waals surface area contributed by atoms with E-state index < -0.39 is 0 Å². The third-order valence-electron chi connectivity index (χ3n) is 2.70. The van der Waals surface area contributed by atoms with Crippen LogP contribution in [0, 0.1) is 0 Å². The lowest BCUT2D eigenvalue weighted by Crippen LogP contribution is -2.33. The Balaban J connectivity index is 2.52. The molecule has 0 spiro atoms. The van der Waals surface area contributed by atoms with E-state index >= 15 is 0 Å². The third-order valence-corrected chi connectivity index (χ3v) is 3.55. The molecule has 0 aliphatic rings. The number of hydrogen-bond donors (Lipinski definition) is 2. The average molecular weight is 302 g/mol. The smallest absolute Gasteiger partial charge is 0.0175 e. The molecule has 1 N–H and O–H groups in total. The molecule has 0 unspecified atom stereocenters. The minimum atomic E-state index is 0.178. The highest BCUT2D eigenvalue weighted by Crippen LogP contribution is 2.23. The summed E-state index contributed by atoms with van der Waals surface area (Å²) in [5.41, 5.74) is 1.55. The van der Waals surface area contributed by atoms with Crippen LogP contribution in [0.25, 0.3) is 0 Å². The van der Waals surface area contributed by atoms with Crippen LogP contribution in [-0.2, 0) is 5.41 Å². The Hall–Kier alpha value is 0.01000. The van der Waals surface area contributed by atoms with Crippen LogP contribution < -0.4 is 5.32 Å². The lowest BCUT2D eigenvalue weighted by molar-refractivity contribution is 0.470. The molecule has 0 radical (unpaired) electrons. The van der Waals surface area contributed by atoms with Crippen LogP contribution in [0.1, 0.15) is 25.8 Å². The first-order chi connectivity index (χ1) is 7.56. The molecule has 0 atom stereocenters. The molecule has 0 aliphatic heterocycles. The highest BCUT2D eigenvalue weighted by atomic mass is 79.9. The summed E-state index contributed by atoms with van der Waals surface area (Å²) >= 11 is 7.66. The van der Waals surface area contributed by atoms with Gasteiger partial charge >= 0.3 is 0 Å². The number of thiol groups is 1. The van der Waals surface area contributed by atoms with E-state index in [4.69, 9.17) is 0 Å². The first-order valence-electron chi connectivity index (χ1n) is 5.64. The fourth-order valence-corrected chi connectivity index (χ4v) is 2.03. The van der Waals surface area contributed by atoms with E-state index in [0.29, 0.717) is 0 Å². The Morgan fingerprint density at radius 3 is 2.44 bits per heavy atom. The molecule has 3 heteroatoms. The number of nitrogens with one attached hydrogen (secondary N) is 1. The summed E-state index contributed by atoms with van der Waals surface area (Å²) in [4.78, 5) is 0. The van der Waals surface area contributed by atoms with Gasteiger partial charge in [-0.15, -0.1) is 0 Å². The van der Waals surface area contributed by atoms with Crippen LogP contribution in [0.4, 0.5) is 0 Å². The molecule has 0 fully saturated rings. The van der Waals surface area contributed by atoms with Crippen LogP contribution >= 0.6 is 28.6 Å². The van der Waals surface area contributed by atoms with E-state index in [1.807, 2.05) is 0 Å². The Bertz CT molecular complexity index is 308. The number of benzene rings is 1. The Kier molecular flexibility index (Phi) is 5.87. The molecular formula is C13H20BrNS. The average Bonchev–Trinajstić information content (AvgIpc) is 2.25. The van der Waals surface area contributed by atoms with Crippen molar-refractivity contribution >= 4 is 28.6 Å². The predicted octanol–water partition coefficient (Wildman–Crippen LogP) is 3.64. The van der Waals surface area contributed by atoms with E-state index in [1.54, 1.807) is 0 Å². The van der Waals surface area contributed by atoms with Gasteiger partial charge in [-0.2, -0.15) is 12.6 Å². The van der Waals surface area contributed by atoms with Crippen LogP contribution in [0.5, 0.6) is 0 Å². The van der Waals surface area contributed by atoms with Gasteiger partial charge in [0.2, 0.25) is 0 Å². The fraction of sp³-hybridized carbons (Fsp3) is 0.538. The molecule has 1 aromatic rings. The van der Waals surface area contributed by atoms with Crippen molar-refractivity contribution in [2.75, 3.05) is 18.8 Å². The van der Waals surface area contributed by atoms with Gasteiger partial charge < -0.3 is 5.32 Å².